The van der Waals surface area contributed by atoms with E-state index in [9.17, 15) is 9.59 Å². The molecule has 1 saturated heterocycles. The number of carboxylic acid groups (broad SMARTS) is 1. The second-order valence-electron chi connectivity index (χ2n) is 10.1. The van der Waals surface area contributed by atoms with Crippen LogP contribution in [0.4, 0.5) is 0 Å². The van der Waals surface area contributed by atoms with Gasteiger partial charge >= 0.3 is 5.97 Å². The Hall–Kier alpha value is -1.14. The Labute approximate surface area is 190 Å². The van der Waals surface area contributed by atoms with Crippen LogP contribution in [0.15, 0.2) is 0 Å². The first-order valence-corrected chi connectivity index (χ1v) is 12.8. The largest absolute Gasteiger partial charge is 0.481 e. The van der Waals surface area contributed by atoms with E-state index in [0.717, 1.165) is 23.9 Å². The predicted octanol–water partition coefficient (Wildman–Crippen LogP) is 4.90. The molecule has 182 valence electrons. The first-order valence-electron chi connectivity index (χ1n) is 12.8. The molecule has 2 atom stereocenters. The smallest absolute Gasteiger partial charge is 0.306 e. The van der Waals surface area contributed by atoms with E-state index < -0.39 is 5.97 Å². The summed E-state index contributed by atoms with van der Waals surface area (Å²) in [4.78, 5) is 23.1. The number of ether oxygens (including phenoxy) is 1. The number of nitrogens with one attached hydrogen (secondary N) is 1. The van der Waals surface area contributed by atoms with Crippen LogP contribution < -0.4 is 5.32 Å². The fraction of sp³-hybridized carbons (Fsp3) is 0.920. The van der Waals surface area contributed by atoms with Gasteiger partial charge in [-0.05, 0) is 6.42 Å². The van der Waals surface area contributed by atoms with Crippen LogP contribution in [0.1, 0.15) is 103 Å². The molecule has 1 aliphatic heterocycles. The van der Waals surface area contributed by atoms with Gasteiger partial charge in [0.2, 0.25) is 5.91 Å². The second kappa shape index (κ2) is 16.5. The molecule has 0 bridgehead atoms. The Bertz CT molecular complexity index is 496. The Morgan fingerprint density at radius 3 is 1.84 bits per heavy atom. The Morgan fingerprint density at radius 1 is 0.839 bits per heavy atom. The van der Waals surface area contributed by atoms with Crippen molar-refractivity contribution in [2.75, 3.05) is 33.7 Å². The average Bonchev–Trinajstić information content (AvgIpc) is 2.68. The number of amides is 1. The maximum atomic E-state index is 12.1. The molecular formula is C25H49N2O4+. The minimum atomic E-state index is -0.836. The van der Waals surface area contributed by atoms with Crippen molar-refractivity contribution in [1.29, 1.82) is 0 Å². The third kappa shape index (κ3) is 15.3. The Balaban J connectivity index is 1.99. The number of quaternary nitrogens is 1. The number of rotatable bonds is 18. The van der Waals surface area contributed by atoms with Crippen molar-refractivity contribution in [2.45, 2.75) is 115 Å². The number of unbranched alkanes of at least 4 members (excludes halogenated alkanes) is 12. The summed E-state index contributed by atoms with van der Waals surface area (Å²) in [5, 5.41) is 12.0. The molecule has 0 aliphatic carbocycles. The number of morpholine rings is 1. The van der Waals surface area contributed by atoms with Crippen LogP contribution in [0.3, 0.4) is 0 Å². The van der Waals surface area contributed by atoms with Gasteiger partial charge in [0, 0.05) is 13.0 Å². The van der Waals surface area contributed by atoms with Gasteiger partial charge in [0.1, 0.15) is 25.3 Å². The van der Waals surface area contributed by atoms with E-state index in [1.807, 2.05) is 0 Å². The molecule has 6 nitrogen and oxygen atoms in total. The van der Waals surface area contributed by atoms with E-state index in [1.165, 1.54) is 70.6 Å². The van der Waals surface area contributed by atoms with Crippen LogP contribution in [0.25, 0.3) is 0 Å². The van der Waals surface area contributed by atoms with E-state index in [4.69, 9.17) is 9.84 Å². The van der Waals surface area contributed by atoms with Crippen LogP contribution >= 0.6 is 0 Å². The highest BCUT2D eigenvalue weighted by Gasteiger charge is 2.35. The van der Waals surface area contributed by atoms with Crippen molar-refractivity contribution in [3.63, 3.8) is 0 Å². The van der Waals surface area contributed by atoms with Gasteiger partial charge in [0.15, 0.2) is 0 Å². The van der Waals surface area contributed by atoms with E-state index in [2.05, 4.69) is 26.3 Å². The lowest BCUT2D eigenvalue weighted by molar-refractivity contribution is -0.905. The van der Waals surface area contributed by atoms with E-state index in [1.54, 1.807) is 0 Å². The summed E-state index contributed by atoms with van der Waals surface area (Å²) in [7, 11) is 4.17. The lowest BCUT2D eigenvalue weighted by Gasteiger charge is -2.41. The molecule has 1 heterocycles. The first kappa shape index (κ1) is 27.9. The van der Waals surface area contributed by atoms with E-state index >= 15 is 0 Å². The van der Waals surface area contributed by atoms with Crippen LogP contribution in [0.2, 0.25) is 0 Å². The van der Waals surface area contributed by atoms with Crippen molar-refractivity contribution in [3.05, 3.63) is 0 Å². The zero-order valence-electron chi connectivity index (χ0n) is 20.5. The molecule has 6 heteroatoms. The highest BCUT2D eigenvalue weighted by atomic mass is 16.5. The number of aliphatic carboxylic acids is 1. The molecule has 0 aromatic carbocycles. The molecule has 31 heavy (non-hydrogen) atoms. The summed E-state index contributed by atoms with van der Waals surface area (Å²) in [5.74, 6) is -0.755. The van der Waals surface area contributed by atoms with Gasteiger partial charge in [0.05, 0.1) is 20.5 Å². The van der Waals surface area contributed by atoms with Crippen molar-refractivity contribution in [3.8, 4) is 0 Å². The SMILES string of the molecule is CCCCCCCCCCCCCCCC(=O)NC[C@H]1C[N+](C)(C)C[C@@H](CC(=O)O)O1. The quantitative estimate of drug-likeness (QED) is 0.234. The maximum absolute atomic E-state index is 12.1. The fourth-order valence-electron chi connectivity index (χ4n) is 4.57. The van der Waals surface area contributed by atoms with Gasteiger partial charge in [-0.1, -0.05) is 84.0 Å². The van der Waals surface area contributed by atoms with Gasteiger partial charge in [-0.25, -0.2) is 0 Å². The van der Waals surface area contributed by atoms with Gasteiger partial charge in [0.25, 0.3) is 0 Å². The van der Waals surface area contributed by atoms with Gasteiger partial charge in [-0.15, -0.1) is 0 Å². The molecule has 0 unspecified atom stereocenters. The molecule has 0 aromatic heterocycles. The average molecular weight is 442 g/mol. The summed E-state index contributed by atoms with van der Waals surface area (Å²) < 4.78 is 6.61. The van der Waals surface area contributed by atoms with Crippen LogP contribution in [0.5, 0.6) is 0 Å². The maximum Gasteiger partial charge on any atom is 0.306 e. The van der Waals surface area contributed by atoms with Crippen molar-refractivity contribution < 1.29 is 23.9 Å². The van der Waals surface area contributed by atoms with Crippen molar-refractivity contribution in [1.82, 2.24) is 5.32 Å². The fourth-order valence-corrected chi connectivity index (χ4v) is 4.57. The molecule has 0 aromatic rings. The van der Waals surface area contributed by atoms with Crippen LogP contribution in [-0.2, 0) is 14.3 Å². The Kier molecular flexibility index (Phi) is 14.8. The third-order valence-corrected chi connectivity index (χ3v) is 6.22. The highest BCUT2D eigenvalue weighted by Crippen LogP contribution is 2.18. The second-order valence-corrected chi connectivity index (χ2v) is 10.1. The number of nitrogens with zero attached hydrogens (tertiary/aromatic N) is 1. The van der Waals surface area contributed by atoms with Gasteiger partial charge in [-0.2, -0.15) is 0 Å². The lowest BCUT2D eigenvalue weighted by Crippen LogP contribution is -2.59. The van der Waals surface area contributed by atoms with E-state index in [0.29, 0.717) is 19.5 Å². The minimum Gasteiger partial charge on any atom is -0.481 e. The normalized spacial score (nSPS) is 20.5. The summed E-state index contributed by atoms with van der Waals surface area (Å²) in [6.07, 6.45) is 17.1. The molecule has 0 spiro atoms. The van der Waals surface area contributed by atoms with Crippen LogP contribution in [0, 0.1) is 0 Å². The summed E-state index contributed by atoms with van der Waals surface area (Å²) in [6, 6.07) is 0. The molecule has 2 N–H and O–H groups in total. The monoisotopic (exact) mass is 441 g/mol. The summed E-state index contributed by atoms with van der Waals surface area (Å²) in [6.45, 7) is 4.21. The summed E-state index contributed by atoms with van der Waals surface area (Å²) >= 11 is 0. The predicted molar refractivity (Wildman–Crippen MR) is 126 cm³/mol. The highest BCUT2D eigenvalue weighted by molar-refractivity contribution is 5.75. The standard InChI is InChI=1S/C25H48N2O4/c1-4-5-6-7-8-9-10-11-12-13-14-15-16-17-24(28)26-19-23-21-27(2,3)20-22(31-23)18-25(29)30/h22-23H,4-21H2,1-3H3,(H-,26,28,29,30)/p+1/t22-,23+/m1/s1. The lowest BCUT2D eigenvalue weighted by atomic mass is 10.0. The van der Waals surface area contributed by atoms with Gasteiger partial charge < -0.3 is 19.6 Å². The molecule has 1 aliphatic rings. The molecule has 1 rings (SSSR count). The van der Waals surface area contributed by atoms with Crippen LogP contribution in [-0.4, -0.2) is 67.4 Å². The molecule has 0 radical (unpaired) electrons. The topological polar surface area (TPSA) is 75.6 Å². The number of likely N-dealkylation sites (N-methyl/N-ethyl adjacent to an activating group) is 1. The minimum absolute atomic E-state index is 0.0189. The number of hydrogen-bond donors (Lipinski definition) is 2. The first-order chi connectivity index (χ1) is 14.8. The molecule has 1 amide bonds. The zero-order chi connectivity index (χ0) is 23.0. The third-order valence-electron chi connectivity index (χ3n) is 6.22. The zero-order valence-corrected chi connectivity index (χ0v) is 20.5. The number of hydrogen-bond acceptors (Lipinski definition) is 3. The number of carbonyl (C=O) groups is 2. The van der Waals surface area contributed by atoms with Crippen molar-refractivity contribution >= 4 is 11.9 Å². The molecular weight excluding hydrogens is 392 g/mol. The summed E-state index contributed by atoms with van der Waals surface area (Å²) in [5.41, 5.74) is 0. The molecule has 1 fully saturated rings. The number of carbonyl (C=O) groups excluding carboxylic acids is 1. The number of carboxylic acids is 1. The van der Waals surface area contributed by atoms with Crippen molar-refractivity contribution in [2.24, 2.45) is 0 Å². The van der Waals surface area contributed by atoms with Gasteiger partial charge in [-0.3, -0.25) is 9.59 Å². The van der Waals surface area contributed by atoms with E-state index in [-0.39, 0.29) is 24.5 Å². The Morgan fingerprint density at radius 2 is 1.32 bits per heavy atom. The molecule has 0 saturated carbocycles.